The summed E-state index contributed by atoms with van der Waals surface area (Å²) < 4.78 is 5.29. The van der Waals surface area contributed by atoms with Gasteiger partial charge in [-0.15, -0.1) is 0 Å². The minimum atomic E-state index is 0.0544. The molecule has 5 aliphatic rings. The van der Waals surface area contributed by atoms with Crippen molar-refractivity contribution < 1.29 is 9.53 Å². The summed E-state index contributed by atoms with van der Waals surface area (Å²) in [6.07, 6.45) is 7.48. The molecule has 4 aliphatic carbocycles. The zero-order chi connectivity index (χ0) is 22.4. The third-order valence-corrected chi connectivity index (χ3v) is 9.42. The van der Waals surface area contributed by atoms with Crippen molar-refractivity contribution in [3.05, 3.63) is 60.2 Å². The van der Waals surface area contributed by atoms with Gasteiger partial charge >= 0.3 is 0 Å². The minimum Gasteiger partial charge on any atom is -0.497 e. The van der Waals surface area contributed by atoms with E-state index in [1.807, 2.05) is 12.1 Å². The molecule has 4 heteroatoms. The van der Waals surface area contributed by atoms with Gasteiger partial charge in [0.1, 0.15) is 5.75 Å². The summed E-state index contributed by atoms with van der Waals surface area (Å²) in [6, 6.07) is 19.4. The predicted molar refractivity (Wildman–Crippen MR) is 132 cm³/mol. The summed E-state index contributed by atoms with van der Waals surface area (Å²) in [7, 11) is 1.70. The summed E-state index contributed by atoms with van der Waals surface area (Å²) in [4.78, 5) is 18.3. The van der Waals surface area contributed by atoms with E-state index in [9.17, 15) is 4.79 Å². The van der Waals surface area contributed by atoms with Crippen LogP contribution in [0.1, 0.15) is 44.1 Å². The number of ether oxygens (including phenoxy) is 1. The van der Waals surface area contributed by atoms with Crippen molar-refractivity contribution in [1.82, 2.24) is 4.90 Å². The molecule has 1 amide bonds. The van der Waals surface area contributed by atoms with Crippen LogP contribution in [-0.4, -0.2) is 44.1 Å². The highest BCUT2D eigenvalue weighted by Gasteiger charge is 2.58. The number of anilines is 1. The number of rotatable bonds is 5. The molecule has 0 unspecified atom stereocenters. The standard InChI is InChI=1S/C29H36N2O2/c1-33-27-9-7-26(8-10-27)30-11-13-31(14-12-30)28(32)20-29(23-5-3-2-4-6-23)24-16-21-15-22(18-24)19-25(29)17-21/h2-10,21-22,24-25H,11-20H2,1H3. The van der Waals surface area contributed by atoms with Crippen LogP contribution in [0.15, 0.2) is 54.6 Å². The lowest BCUT2D eigenvalue weighted by molar-refractivity contribution is -0.139. The third-order valence-electron chi connectivity index (χ3n) is 9.42. The van der Waals surface area contributed by atoms with Crippen molar-refractivity contribution in [2.24, 2.45) is 23.7 Å². The molecule has 4 saturated carbocycles. The minimum absolute atomic E-state index is 0.0544. The molecule has 0 atom stereocenters. The first kappa shape index (κ1) is 21.1. The molecule has 5 fully saturated rings. The van der Waals surface area contributed by atoms with Gasteiger partial charge in [-0.05, 0) is 85.6 Å². The van der Waals surface area contributed by atoms with Crippen molar-refractivity contribution in [2.75, 3.05) is 38.2 Å². The lowest BCUT2D eigenvalue weighted by Crippen LogP contribution is -2.58. The molecule has 2 aromatic rings. The Labute approximate surface area is 197 Å². The second-order valence-corrected chi connectivity index (χ2v) is 11.0. The smallest absolute Gasteiger partial charge is 0.223 e. The molecule has 0 aromatic heterocycles. The Bertz CT molecular complexity index is 950. The fraction of sp³-hybridized carbons (Fsp3) is 0.552. The lowest BCUT2D eigenvalue weighted by Gasteiger charge is -2.62. The first-order valence-electron chi connectivity index (χ1n) is 12.9. The third kappa shape index (κ3) is 3.62. The molecule has 2 aromatic carbocycles. The highest BCUT2D eigenvalue weighted by molar-refractivity contribution is 5.78. The SMILES string of the molecule is COc1ccc(N2CCN(C(=O)CC3(c4ccccc4)C4CC5CC(C4)CC3C5)CC2)cc1. The summed E-state index contributed by atoms with van der Waals surface area (Å²) in [6.45, 7) is 3.42. The first-order valence-corrected chi connectivity index (χ1v) is 12.9. The topological polar surface area (TPSA) is 32.8 Å². The van der Waals surface area contributed by atoms with Crippen LogP contribution in [0.5, 0.6) is 5.75 Å². The number of amides is 1. The van der Waals surface area contributed by atoms with Crippen LogP contribution >= 0.6 is 0 Å². The lowest BCUT2D eigenvalue weighted by atomic mass is 9.43. The largest absolute Gasteiger partial charge is 0.497 e. The van der Waals surface area contributed by atoms with Crippen molar-refractivity contribution >= 4 is 11.6 Å². The van der Waals surface area contributed by atoms with E-state index >= 15 is 0 Å². The average Bonchev–Trinajstić information content (AvgIpc) is 2.86. The van der Waals surface area contributed by atoms with E-state index in [-0.39, 0.29) is 5.41 Å². The van der Waals surface area contributed by atoms with E-state index in [4.69, 9.17) is 4.74 Å². The summed E-state index contributed by atoms with van der Waals surface area (Å²) in [5, 5.41) is 0. The Kier molecular flexibility index (Phi) is 5.35. The van der Waals surface area contributed by atoms with Crippen LogP contribution in [0.4, 0.5) is 5.69 Å². The molecule has 1 saturated heterocycles. The van der Waals surface area contributed by atoms with Crippen molar-refractivity contribution in [2.45, 2.75) is 43.9 Å². The van der Waals surface area contributed by atoms with Gasteiger partial charge in [-0.25, -0.2) is 0 Å². The zero-order valence-corrected chi connectivity index (χ0v) is 19.8. The van der Waals surface area contributed by atoms with Gasteiger partial charge < -0.3 is 14.5 Å². The van der Waals surface area contributed by atoms with Crippen LogP contribution in [0.25, 0.3) is 0 Å². The maximum absolute atomic E-state index is 13.8. The predicted octanol–water partition coefficient (Wildman–Crippen LogP) is 5.13. The molecule has 0 spiro atoms. The molecule has 7 rings (SSSR count). The summed E-state index contributed by atoms with van der Waals surface area (Å²) in [5.74, 6) is 4.44. The highest BCUT2D eigenvalue weighted by atomic mass is 16.5. The van der Waals surface area contributed by atoms with Crippen molar-refractivity contribution in [3.63, 3.8) is 0 Å². The van der Waals surface area contributed by atoms with Gasteiger partial charge in [-0.1, -0.05) is 30.3 Å². The summed E-state index contributed by atoms with van der Waals surface area (Å²) >= 11 is 0. The highest BCUT2D eigenvalue weighted by Crippen LogP contribution is 2.64. The van der Waals surface area contributed by atoms with Gasteiger partial charge in [0.05, 0.1) is 7.11 Å². The molecule has 1 aliphatic heterocycles. The van der Waals surface area contributed by atoms with Gasteiger partial charge in [-0.3, -0.25) is 4.79 Å². The van der Waals surface area contributed by atoms with E-state index < -0.39 is 0 Å². The fourth-order valence-electron chi connectivity index (χ4n) is 8.00. The van der Waals surface area contributed by atoms with Gasteiger partial charge in [0.2, 0.25) is 5.91 Å². The van der Waals surface area contributed by atoms with Crippen LogP contribution < -0.4 is 9.64 Å². The second-order valence-electron chi connectivity index (χ2n) is 11.0. The van der Waals surface area contributed by atoms with E-state index in [1.54, 1.807) is 7.11 Å². The molecule has 0 radical (unpaired) electrons. The number of benzene rings is 2. The molecule has 1 heterocycles. The van der Waals surface area contributed by atoms with E-state index in [1.165, 1.54) is 43.4 Å². The van der Waals surface area contributed by atoms with Crippen LogP contribution in [0, 0.1) is 23.7 Å². The maximum Gasteiger partial charge on any atom is 0.223 e. The maximum atomic E-state index is 13.8. The fourth-order valence-corrected chi connectivity index (χ4v) is 8.00. The Hall–Kier alpha value is -2.49. The monoisotopic (exact) mass is 444 g/mol. The number of carbonyl (C=O) groups excluding carboxylic acids is 1. The van der Waals surface area contributed by atoms with Crippen LogP contribution in [0.3, 0.4) is 0 Å². The summed E-state index contributed by atoms with van der Waals surface area (Å²) in [5.41, 5.74) is 2.70. The number of carbonyl (C=O) groups is 1. The molecule has 4 nitrogen and oxygen atoms in total. The van der Waals surface area contributed by atoms with E-state index in [0.29, 0.717) is 24.2 Å². The van der Waals surface area contributed by atoms with Crippen LogP contribution in [0.2, 0.25) is 0 Å². The number of nitrogens with zero attached hydrogens (tertiary/aromatic N) is 2. The van der Waals surface area contributed by atoms with E-state index in [2.05, 4.69) is 52.3 Å². The van der Waals surface area contributed by atoms with Crippen molar-refractivity contribution in [1.29, 1.82) is 0 Å². The Morgan fingerprint density at radius 1 is 0.848 bits per heavy atom. The van der Waals surface area contributed by atoms with Gasteiger partial charge in [0.25, 0.3) is 0 Å². The molecule has 4 bridgehead atoms. The Morgan fingerprint density at radius 3 is 2.03 bits per heavy atom. The van der Waals surface area contributed by atoms with Crippen LogP contribution in [-0.2, 0) is 10.2 Å². The van der Waals surface area contributed by atoms with Gasteiger partial charge in [0, 0.05) is 43.7 Å². The van der Waals surface area contributed by atoms with Gasteiger partial charge in [-0.2, -0.15) is 0 Å². The number of hydrogen-bond acceptors (Lipinski definition) is 3. The van der Waals surface area contributed by atoms with Gasteiger partial charge in [0.15, 0.2) is 0 Å². The molecule has 0 N–H and O–H groups in total. The average molecular weight is 445 g/mol. The first-order chi connectivity index (χ1) is 16.2. The zero-order valence-electron chi connectivity index (χ0n) is 19.8. The molecular weight excluding hydrogens is 408 g/mol. The number of piperazine rings is 1. The Balaban J connectivity index is 1.19. The van der Waals surface area contributed by atoms with E-state index in [0.717, 1.165) is 43.8 Å². The second kappa shape index (κ2) is 8.38. The van der Waals surface area contributed by atoms with Crippen molar-refractivity contribution in [3.8, 4) is 5.75 Å². The molecular formula is C29H36N2O2. The molecule has 33 heavy (non-hydrogen) atoms. The quantitative estimate of drug-likeness (QED) is 0.641. The number of hydrogen-bond donors (Lipinski definition) is 0. The normalized spacial score (nSPS) is 32.8. The number of methoxy groups -OCH3 is 1. The molecule has 174 valence electrons. The Morgan fingerprint density at radius 2 is 1.45 bits per heavy atom.